The summed E-state index contributed by atoms with van der Waals surface area (Å²) in [6.07, 6.45) is -3.19. The van der Waals surface area contributed by atoms with Crippen molar-refractivity contribution in [3.63, 3.8) is 0 Å². The molecule has 98 valence electrons. The predicted octanol–water partition coefficient (Wildman–Crippen LogP) is 1.18. The highest BCUT2D eigenvalue weighted by Gasteiger charge is 2.10. The minimum Gasteiger partial charge on any atom is -0.480 e. The molecule has 0 amide bonds. The maximum Gasteiger partial charge on any atom is 0.320 e. The molecule has 0 saturated heterocycles. The molecule has 0 saturated carbocycles. The molecule has 0 aromatic heterocycles. The molecule has 2 atom stereocenters. The van der Waals surface area contributed by atoms with E-state index < -0.39 is 37.4 Å². The first-order valence-electron chi connectivity index (χ1n) is 7.75. The Morgan fingerprint density at radius 1 is 1.44 bits per heavy atom. The summed E-state index contributed by atoms with van der Waals surface area (Å²) in [5, 5.41) is 10.6. The average molecular weight is 256 g/mol. The monoisotopic (exact) mass is 256 g/mol. The van der Waals surface area contributed by atoms with Crippen LogP contribution in [0.15, 0.2) is 30.3 Å². The topological polar surface area (TPSA) is 75.6 Å². The summed E-state index contributed by atoms with van der Waals surface area (Å²) in [7, 11) is 0. The highest BCUT2D eigenvalue weighted by atomic mass is 16.5. The molecule has 2 N–H and O–H groups in total. The molecule has 5 heteroatoms. The molecule has 0 spiro atoms. The third-order valence-corrected chi connectivity index (χ3v) is 1.93. The van der Waals surface area contributed by atoms with Crippen molar-refractivity contribution in [2.45, 2.75) is 25.9 Å². The minimum absolute atomic E-state index is 0.295. The highest BCUT2D eigenvalue weighted by Crippen LogP contribution is 2.01. The number of carbonyl (C=O) groups is 2. The maximum absolute atomic E-state index is 11.9. The summed E-state index contributed by atoms with van der Waals surface area (Å²) in [6.45, 7) is -3.41. The van der Waals surface area contributed by atoms with E-state index in [1.54, 1.807) is 18.2 Å². The van der Waals surface area contributed by atoms with E-state index in [1.807, 2.05) is 5.32 Å². The van der Waals surface area contributed by atoms with Gasteiger partial charge in [0.05, 0.1) is 7.74 Å². The number of carbonyl (C=O) groups excluding carboxylic acids is 1. The van der Waals surface area contributed by atoms with Crippen LogP contribution in [0.5, 0.6) is 0 Å². The van der Waals surface area contributed by atoms with Crippen LogP contribution in [0, 0.1) is 0 Å². The molecule has 1 unspecified atom stereocenters. The van der Waals surface area contributed by atoms with Crippen molar-refractivity contribution in [3.8, 4) is 0 Å². The van der Waals surface area contributed by atoms with Gasteiger partial charge in [0, 0.05) is 12.0 Å². The summed E-state index contributed by atoms with van der Waals surface area (Å²) in [6, 6.07) is 6.48. The molecular formula is C13H17NO4. The van der Waals surface area contributed by atoms with Crippen molar-refractivity contribution in [2.75, 3.05) is 6.50 Å². The van der Waals surface area contributed by atoms with Gasteiger partial charge in [-0.3, -0.25) is 9.59 Å². The van der Waals surface area contributed by atoms with Gasteiger partial charge in [-0.1, -0.05) is 30.3 Å². The van der Waals surface area contributed by atoms with Crippen LogP contribution in [0.4, 0.5) is 0 Å². The van der Waals surface area contributed by atoms with E-state index >= 15 is 0 Å². The lowest BCUT2D eigenvalue weighted by atomic mass is 10.2. The first-order chi connectivity index (χ1) is 10.5. The third kappa shape index (κ3) is 5.45. The molecule has 0 heterocycles. The first kappa shape index (κ1) is 8.26. The smallest absolute Gasteiger partial charge is 0.320 e. The third-order valence-electron chi connectivity index (χ3n) is 1.93. The zero-order chi connectivity index (χ0) is 17.8. The number of ether oxygens (including phenoxy) is 1. The highest BCUT2D eigenvalue weighted by molar-refractivity contribution is 5.73. The Hall–Kier alpha value is -1.88. The van der Waals surface area contributed by atoms with Crippen molar-refractivity contribution in [1.82, 2.24) is 5.32 Å². The lowest BCUT2D eigenvalue weighted by Crippen LogP contribution is -2.35. The Morgan fingerprint density at radius 3 is 2.72 bits per heavy atom. The number of carboxylic acid groups (broad SMARTS) is 1. The molecule has 1 rings (SSSR count). The van der Waals surface area contributed by atoms with Crippen LogP contribution in [0.2, 0.25) is 0 Å². The van der Waals surface area contributed by atoms with E-state index in [1.165, 1.54) is 12.1 Å². The molecule has 0 aliphatic heterocycles. The van der Waals surface area contributed by atoms with Crippen LogP contribution < -0.4 is 5.32 Å². The van der Waals surface area contributed by atoms with Gasteiger partial charge >= 0.3 is 11.9 Å². The molecular weight excluding hydrogens is 234 g/mol. The van der Waals surface area contributed by atoms with E-state index in [2.05, 4.69) is 4.74 Å². The number of esters is 1. The zero-order valence-corrected chi connectivity index (χ0v) is 9.71. The Labute approximate surface area is 113 Å². The summed E-state index contributed by atoms with van der Waals surface area (Å²) >= 11 is 0. The number of aliphatic carboxylic acids is 1. The summed E-state index contributed by atoms with van der Waals surface area (Å²) in [5.74, 6) is -3.00. The van der Waals surface area contributed by atoms with E-state index in [0.717, 1.165) is 6.92 Å². The fourth-order valence-electron chi connectivity index (χ4n) is 0.940. The van der Waals surface area contributed by atoms with Gasteiger partial charge in [-0.05, 0) is 12.5 Å². The summed E-state index contributed by atoms with van der Waals surface area (Å²) < 4.78 is 42.7. The fourth-order valence-corrected chi connectivity index (χ4v) is 0.940. The van der Waals surface area contributed by atoms with Gasteiger partial charge < -0.3 is 15.2 Å². The fraction of sp³-hybridized carbons (Fsp3) is 0.385. The molecule has 0 aliphatic rings. The van der Waals surface area contributed by atoms with Gasteiger partial charge in [0.15, 0.2) is 0 Å². The standard InChI is InChI=1S/C13H17NO4/c1-10(13(16)17)14-8-7-12(15)18-9-11-5-3-2-4-6-11/h2-6,10,14H,7-9H2,1H3,(H,16,17)/i7D2,8D2,9D/t9-,10?/m0/s1. The second kappa shape index (κ2) is 7.45. The van der Waals surface area contributed by atoms with E-state index in [4.69, 9.17) is 12.0 Å². The van der Waals surface area contributed by atoms with Gasteiger partial charge in [0.1, 0.15) is 12.6 Å². The molecule has 5 nitrogen and oxygen atoms in total. The first-order valence-corrected chi connectivity index (χ1v) is 5.18. The van der Waals surface area contributed by atoms with Gasteiger partial charge in [-0.25, -0.2) is 0 Å². The molecule has 1 aromatic rings. The Morgan fingerprint density at radius 2 is 2.11 bits per heavy atom. The van der Waals surface area contributed by atoms with Gasteiger partial charge in [-0.2, -0.15) is 0 Å². The second-order valence-corrected chi connectivity index (χ2v) is 3.39. The van der Waals surface area contributed by atoms with Crippen molar-refractivity contribution >= 4 is 11.9 Å². The van der Waals surface area contributed by atoms with Crippen molar-refractivity contribution in [1.29, 1.82) is 0 Å². The second-order valence-electron chi connectivity index (χ2n) is 3.39. The van der Waals surface area contributed by atoms with Gasteiger partial charge in [-0.15, -0.1) is 0 Å². The lowest BCUT2D eigenvalue weighted by molar-refractivity contribution is -0.145. The number of hydrogen-bond donors (Lipinski definition) is 2. The van der Waals surface area contributed by atoms with Gasteiger partial charge in [0.2, 0.25) is 0 Å². The van der Waals surface area contributed by atoms with E-state index in [9.17, 15) is 9.59 Å². The van der Waals surface area contributed by atoms with Crippen molar-refractivity contribution in [3.05, 3.63) is 35.9 Å². The lowest BCUT2D eigenvalue weighted by Gasteiger charge is -2.08. The molecule has 0 aliphatic carbocycles. The maximum atomic E-state index is 11.9. The zero-order valence-electron chi connectivity index (χ0n) is 14.7. The Balaban J connectivity index is 2.85. The summed E-state index contributed by atoms with van der Waals surface area (Å²) in [4.78, 5) is 22.6. The minimum atomic E-state index is -3.19. The Bertz CT molecular complexity index is 567. The van der Waals surface area contributed by atoms with E-state index in [0.29, 0.717) is 5.56 Å². The van der Waals surface area contributed by atoms with Crippen molar-refractivity contribution in [2.24, 2.45) is 0 Å². The van der Waals surface area contributed by atoms with E-state index in [-0.39, 0.29) is 0 Å². The van der Waals surface area contributed by atoms with Crippen molar-refractivity contribution < 1.29 is 26.3 Å². The van der Waals surface area contributed by atoms with Gasteiger partial charge in [0.25, 0.3) is 0 Å². The Kier molecular flexibility index (Phi) is 3.42. The predicted molar refractivity (Wildman–Crippen MR) is 66.0 cm³/mol. The number of nitrogens with one attached hydrogen (secondary N) is 1. The summed E-state index contributed by atoms with van der Waals surface area (Å²) in [5.41, 5.74) is 0.295. The normalized spacial score (nSPS) is 19.3. The number of hydrogen-bond acceptors (Lipinski definition) is 4. The molecule has 18 heavy (non-hydrogen) atoms. The van der Waals surface area contributed by atoms with Crippen LogP contribution >= 0.6 is 0 Å². The number of rotatable bonds is 7. The molecule has 0 fully saturated rings. The molecule has 0 bridgehead atoms. The van der Waals surface area contributed by atoms with Crippen LogP contribution in [-0.2, 0) is 20.9 Å². The number of carboxylic acids is 1. The van der Waals surface area contributed by atoms with Crippen LogP contribution in [-0.4, -0.2) is 29.6 Å². The van der Waals surface area contributed by atoms with Crippen LogP contribution in [0.25, 0.3) is 0 Å². The van der Waals surface area contributed by atoms with Crippen LogP contribution in [0.1, 0.15) is 25.7 Å². The largest absolute Gasteiger partial charge is 0.480 e. The number of benzene rings is 1. The average Bonchev–Trinajstić information content (AvgIpc) is 2.47. The SMILES string of the molecule is [2H][C@H](OC(=O)C([2H])([2H])C([2H])([2H])NC(C)C(=O)O)c1ccccc1. The molecule has 0 radical (unpaired) electrons. The van der Waals surface area contributed by atoms with Crippen LogP contribution in [0.3, 0.4) is 0 Å². The quantitative estimate of drug-likeness (QED) is 0.716. The molecule has 1 aromatic carbocycles.